The first-order valence-electron chi connectivity index (χ1n) is 8.33. The molecule has 2 rings (SSSR count). The smallest absolute Gasteiger partial charge is 0.234 e. The molecule has 1 aliphatic heterocycles. The van der Waals surface area contributed by atoms with Crippen molar-refractivity contribution in [2.24, 2.45) is 5.92 Å². The summed E-state index contributed by atoms with van der Waals surface area (Å²) in [6.07, 6.45) is 13.3. The van der Waals surface area contributed by atoms with E-state index in [1.807, 2.05) is 0 Å². The Balaban J connectivity index is 1.61. The van der Waals surface area contributed by atoms with Crippen molar-refractivity contribution in [3.8, 4) is 0 Å². The van der Waals surface area contributed by atoms with Crippen molar-refractivity contribution in [1.29, 1.82) is 0 Å². The van der Waals surface area contributed by atoms with Gasteiger partial charge in [0.2, 0.25) is 5.91 Å². The number of carbonyl (C=O) groups excluding carboxylic acids is 1. The number of hydrogen-bond acceptors (Lipinski definition) is 2. The fourth-order valence-corrected chi connectivity index (χ4v) is 3.38. The number of nitrogens with zero attached hydrogens (tertiary/aromatic N) is 1. The van der Waals surface area contributed by atoms with Crippen molar-refractivity contribution < 1.29 is 4.79 Å². The second-order valence-electron chi connectivity index (χ2n) is 6.35. The lowest BCUT2D eigenvalue weighted by atomic mass is 9.89. The van der Waals surface area contributed by atoms with Crippen molar-refractivity contribution in [3.05, 3.63) is 0 Å². The molecule has 0 aromatic rings. The van der Waals surface area contributed by atoms with Crippen LogP contribution in [0.5, 0.6) is 0 Å². The highest BCUT2D eigenvalue weighted by molar-refractivity contribution is 5.78. The van der Waals surface area contributed by atoms with Gasteiger partial charge in [0.1, 0.15) is 0 Å². The Morgan fingerprint density at radius 3 is 2.16 bits per heavy atom. The molecule has 2 aliphatic rings. The number of carbonyl (C=O) groups is 1. The van der Waals surface area contributed by atoms with Crippen LogP contribution in [0.1, 0.15) is 64.2 Å². The van der Waals surface area contributed by atoms with E-state index in [1.54, 1.807) is 0 Å². The maximum Gasteiger partial charge on any atom is 0.234 e. The molecule has 0 bridgehead atoms. The highest BCUT2D eigenvalue weighted by Crippen LogP contribution is 2.22. The van der Waals surface area contributed by atoms with E-state index in [4.69, 9.17) is 0 Å². The van der Waals surface area contributed by atoms with E-state index in [0.29, 0.717) is 6.54 Å². The predicted molar refractivity (Wildman–Crippen MR) is 79.1 cm³/mol. The lowest BCUT2D eigenvalue weighted by molar-refractivity contribution is -0.122. The van der Waals surface area contributed by atoms with Crippen molar-refractivity contribution in [1.82, 2.24) is 10.2 Å². The molecule has 0 radical (unpaired) electrons. The maximum atomic E-state index is 12.0. The first-order valence-corrected chi connectivity index (χ1v) is 8.33. The molecule has 110 valence electrons. The third-order valence-electron chi connectivity index (χ3n) is 4.63. The van der Waals surface area contributed by atoms with Crippen LogP contribution < -0.4 is 5.32 Å². The zero-order valence-corrected chi connectivity index (χ0v) is 12.3. The summed E-state index contributed by atoms with van der Waals surface area (Å²) in [5.41, 5.74) is 0. The lowest BCUT2D eigenvalue weighted by Gasteiger charge is -2.25. The zero-order valence-electron chi connectivity index (χ0n) is 12.3. The van der Waals surface area contributed by atoms with Gasteiger partial charge in [0.15, 0.2) is 0 Å². The number of amides is 1. The SMILES string of the molecule is O=C(CN1CCCCCCC1)NCC1CCCCC1. The van der Waals surface area contributed by atoms with Gasteiger partial charge in [-0.05, 0) is 44.7 Å². The van der Waals surface area contributed by atoms with Gasteiger partial charge < -0.3 is 5.32 Å². The van der Waals surface area contributed by atoms with E-state index < -0.39 is 0 Å². The Labute approximate surface area is 118 Å². The molecule has 1 saturated heterocycles. The maximum absolute atomic E-state index is 12.0. The van der Waals surface area contributed by atoms with Gasteiger partial charge in [-0.3, -0.25) is 9.69 Å². The second kappa shape index (κ2) is 8.57. The molecular weight excluding hydrogens is 236 g/mol. The second-order valence-corrected chi connectivity index (χ2v) is 6.35. The van der Waals surface area contributed by atoms with Crippen molar-refractivity contribution in [2.75, 3.05) is 26.2 Å². The minimum atomic E-state index is 0.242. The van der Waals surface area contributed by atoms with Crippen LogP contribution in [0.3, 0.4) is 0 Å². The van der Waals surface area contributed by atoms with E-state index in [-0.39, 0.29) is 5.91 Å². The normalized spacial score (nSPS) is 23.6. The topological polar surface area (TPSA) is 32.3 Å². The van der Waals surface area contributed by atoms with Crippen LogP contribution in [0.15, 0.2) is 0 Å². The van der Waals surface area contributed by atoms with Crippen LogP contribution in [0, 0.1) is 5.92 Å². The summed E-state index contributed by atoms with van der Waals surface area (Å²) in [4.78, 5) is 14.3. The molecule has 19 heavy (non-hydrogen) atoms. The predicted octanol–water partition coefficient (Wildman–Crippen LogP) is 2.95. The summed E-state index contributed by atoms with van der Waals surface area (Å²) < 4.78 is 0. The third kappa shape index (κ3) is 5.94. The van der Waals surface area contributed by atoms with E-state index in [0.717, 1.165) is 25.6 Å². The first kappa shape index (κ1) is 14.8. The third-order valence-corrected chi connectivity index (χ3v) is 4.63. The standard InChI is InChI=1S/C16H30N2O/c19-16(17-13-15-9-5-4-6-10-15)14-18-11-7-2-1-3-8-12-18/h15H,1-14H2,(H,17,19). The summed E-state index contributed by atoms with van der Waals surface area (Å²) in [6.45, 7) is 3.74. The van der Waals surface area contributed by atoms with E-state index >= 15 is 0 Å². The van der Waals surface area contributed by atoms with Gasteiger partial charge in [-0.1, -0.05) is 38.5 Å². The van der Waals surface area contributed by atoms with E-state index in [1.165, 1.54) is 64.2 Å². The van der Waals surface area contributed by atoms with E-state index in [2.05, 4.69) is 10.2 Å². The molecule has 0 aromatic heterocycles. The summed E-state index contributed by atoms with van der Waals surface area (Å²) in [7, 11) is 0. The first-order chi connectivity index (χ1) is 9.34. The molecule has 0 aromatic carbocycles. The molecular formula is C16H30N2O. The van der Waals surface area contributed by atoms with E-state index in [9.17, 15) is 4.79 Å². The molecule has 1 aliphatic carbocycles. The molecule has 1 amide bonds. The zero-order chi connectivity index (χ0) is 13.3. The Morgan fingerprint density at radius 1 is 0.895 bits per heavy atom. The van der Waals surface area contributed by atoms with Crippen LogP contribution >= 0.6 is 0 Å². The molecule has 1 heterocycles. The summed E-state index contributed by atoms with van der Waals surface area (Å²) >= 11 is 0. The van der Waals surface area contributed by atoms with Gasteiger partial charge in [-0.25, -0.2) is 0 Å². The fourth-order valence-electron chi connectivity index (χ4n) is 3.38. The van der Waals surface area contributed by atoms with Gasteiger partial charge in [0, 0.05) is 6.54 Å². The fraction of sp³-hybridized carbons (Fsp3) is 0.938. The van der Waals surface area contributed by atoms with Crippen LogP contribution in [0.25, 0.3) is 0 Å². The average Bonchev–Trinajstić information content (AvgIpc) is 2.41. The molecule has 2 fully saturated rings. The number of rotatable bonds is 4. The van der Waals surface area contributed by atoms with Crippen LogP contribution in [0.2, 0.25) is 0 Å². The molecule has 1 N–H and O–H groups in total. The van der Waals surface area contributed by atoms with Gasteiger partial charge in [0.25, 0.3) is 0 Å². The van der Waals surface area contributed by atoms with Gasteiger partial charge >= 0.3 is 0 Å². The minimum Gasteiger partial charge on any atom is -0.355 e. The van der Waals surface area contributed by atoms with Gasteiger partial charge in [-0.15, -0.1) is 0 Å². The highest BCUT2D eigenvalue weighted by Gasteiger charge is 2.16. The summed E-state index contributed by atoms with van der Waals surface area (Å²) in [6, 6.07) is 0. The summed E-state index contributed by atoms with van der Waals surface area (Å²) in [5.74, 6) is 0.983. The quantitative estimate of drug-likeness (QED) is 0.848. The monoisotopic (exact) mass is 266 g/mol. The largest absolute Gasteiger partial charge is 0.355 e. The van der Waals surface area contributed by atoms with Crippen molar-refractivity contribution in [3.63, 3.8) is 0 Å². The number of nitrogens with one attached hydrogen (secondary N) is 1. The average molecular weight is 266 g/mol. The van der Waals surface area contributed by atoms with Crippen molar-refractivity contribution >= 4 is 5.91 Å². The Bertz CT molecular complexity index is 253. The molecule has 3 nitrogen and oxygen atoms in total. The van der Waals surface area contributed by atoms with Crippen molar-refractivity contribution in [2.45, 2.75) is 64.2 Å². The highest BCUT2D eigenvalue weighted by atomic mass is 16.2. The Kier molecular flexibility index (Phi) is 6.69. The van der Waals surface area contributed by atoms with Crippen LogP contribution in [-0.2, 0) is 4.79 Å². The Morgan fingerprint density at radius 2 is 1.47 bits per heavy atom. The Hall–Kier alpha value is -0.570. The molecule has 0 atom stereocenters. The van der Waals surface area contributed by atoms with Crippen LogP contribution in [0.4, 0.5) is 0 Å². The molecule has 3 heteroatoms. The number of likely N-dealkylation sites (tertiary alicyclic amines) is 1. The number of hydrogen-bond donors (Lipinski definition) is 1. The van der Waals surface area contributed by atoms with Gasteiger partial charge in [-0.2, -0.15) is 0 Å². The summed E-state index contributed by atoms with van der Waals surface area (Å²) in [5, 5.41) is 3.16. The lowest BCUT2D eigenvalue weighted by Crippen LogP contribution is -2.40. The molecule has 0 unspecified atom stereocenters. The van der Waals surface area contributed by atoms with Crippen LogP contribution in [-0.4, -0.2) is 37.0 Å². The molecule has 1 saturated carbocycles. The minimum absolute atomic E-state index is 0.242. The molecule has 0 spiro atoms. The van der Waals surface area contributed by atoms with Gasteiger partial charge in [0.05, 0.1) is 6.54 Å².